The van der Waals surface area contributed by atoms with E-state index in [0.29, 0.717) is 0 Å². The first kappa shape index (κ1) is 7.72. The molecule has 1 heterocycles. The summed E-state index contributed by atoms with van der Waals surface area (Å²) in [5, 5.41) is 17.6. The molecule has 0 fully saturated rings. The molecule has 1 aromatic heterocycles. The van der Waals surface area contributed by atoms with Crippen LogP contribution < -0.4 is 0 Å². The number of hydrogen-bond acceptors (Lipinski definition) is 2. The van der Waals surface area contributed by atoms with Gasteiger partial charge in [0, 0.05) is 0 Å². The average molecular weight is 178 g/mol. The molecule has 0 unspecified atom stereocenters. The van der Waals surface area contributed by atoms with Gasteiger partial charge in [0.15, 0.2) is 0 Å². The van der Waals surface area contributed by atoms with Crippen LogP contribution in [0.15, 0.2) is 30.6 Å². The second kappa shape index (κ2) is 2.85. The fourth-order valence-corrected chi connectivity index (χ4v) is 1.04. The van der Waals surface area contributed by atoms with Crippen molar-refractivity contribution in [2.24, 2.45) is 0 Å². The van der Waals surface area contributed by atoms with Crippen LogP contribution in [0.4, 0.5) is 4.39 Å². The van der Waals surface area contributed by atoms with E-state index >= 15 is 0 Å². The van der Waals surface area contributed by atoms with Gasteiger partial charge in [0.2, 0.25) is 0 Å². The molecule has 5 heteroatoms. The smallest absolute Gasteiger partial charge is 0.245 e. The minimum atomic E-state index is -0.579. The Balaban J connectivity index is 2.59. The van der Waals surface area contributed by atoms with Crippen molar-refractivity contribution in [3.8, 4) is 11.7 Å². The Morgan fingerprint density at radius 1 is 1.31 bits per heavy atom. The molecule has 0 amide bonds. The Hall–Kier alpha value is -1.91. The number of rotatable bonds is 1. The molecule has 4 nitrogen and oxygen atoms in total. The molecular weight excluding hydrogens is 173 g/mol. The van der Waals surface area contributed by atoms with Gasteiger partial charge in [-0.3, -0.25) is 0 Å². The Labute approximate surface area is 73.3 Å². The minimum Gasteiger partial charge on any atom is -0.245 e. The van der Waals surface area contributed by atoms with Gasteiger partial charge in [0.1, 0.15) is 12.1 Å². The summed E-state index contributed by atoms with van der Waals surface area (Å²) in [6.07, 6.45) is 1.18. The van der Waals surface area contributed by atoms with Crippen molar-refractivity contribution < 1.29 is 9.50 Å². The number of hydrogen-bond donors (Lipinski definition) is 0. The van der Waals surface area contributed by atoms with Crippen LogP contribution in [0.3, 0.4) is 0 Å². The fourth-order valence-electron chi connectivity index (χ4n) is 1.04. The van der Waals surface area contributed by atoms with E-state index in [9.17, 15) is 9.50 Å². The summed E-state index contributed by atoms with van der Waals surface area (Å²) in [4.78, 5) is 0. The van der Waals surface area contributed by atoms with Crippen molar-refractivity contribution in [2.75, 3.05) is 0 Å². The number of para-hydroxylation sites is 1. The lowest BCUT2D eigenvalue weighted by molar-refractivity contribution is 0.310. The first-order valence-corrected chi connectivity index (χ1v) is 3.61. The van der Waals surface area contributed by atoms with Crippen molar-refractivity contribution >= 4 is 0 Å². The lowest BCUT2D eigenvalue weighted by Crippen LogP contribution is -1.94. The van der Waals surface area contributed by atoms with Gasteiger partial charge in [0.05, 0.1) is 5.69 Å². The van der Waals surface area contributed by atoms with Gasteiger partial charge in [0.25, 0.3) is 0 Å². The summed E-state index contributed by atoms with van der Waals surface area (Å²) in [5.74, 6) is -0.473. The van der Waals surface area contributed by atoms with Crippen LogP contribution in [0.5, 0.6) is 6.01 Å². The lowest BCUT2D eigenvalue weighted by atomic mass is 10.3. The van der Waals surface area contributed by atoms with E-state index in [1.165, 1.54) is 18.5 Å². The predicted octanol–water partition coefficient (Wildman–Crippen LogP) is 1.55. The van der Waals surface area contributed by atoms with Crippen LogP contribution in [0.2, 0.25) is 0 Å². The van der Waals surface area contributed by atoms with E-state index in [4.69, 9.17) is 0 Å². The molecule has 1 radical (unpaired) electrons. The summed E-state index contributed by atoms with van der Waals surface area (Å²) in [5.41, 5.74) is 0.164. The molecule has 0 atom stereocenters. The number of nitrogens with zero attached hydrogens (tertiary/aromatic N) is 3. The van der Waals surface area contributed by atoms with E-state index in [0.717, 1.165) is 4.57 Å². The Morgan fingerprint density at radius 3 is 2.69 bits per heavy atom. The molecule has 0 aliphatic carbocycles. The van der Waals surface area contributed by atoms with Crippen LogP contribution in [0, 0.1) is 5.82 Å². The maximum absolute atomic E-state index is 13.1. The van der Waals surface area contributed by atoms with Crippen LogP contribution in [0.25, 0.3) is 5.69 Å². The quantitative estimate of drug-likeness (QED) is 0.665. The Morgan fingerprint density at radius 2 is 2.08 bits per heavy atom. The van der Waals surface area contributed by atoms with Crippen LogP contribution >= 0.6 is 0 Å². The van der Waals surface area contributed by atoms with Crippen LogP contribution in [0.1, 0.15) is 0 Å². The third kappa shape index (κ3) is 1.24. The maximum atomic E-state index is 13.1. The average Bonchev–Trinajstić information content (AvgIpc) is 2.52. The fraction of sp³-hybridized carbons (Fsp3) is 0. The minimum absolute atomic E-state index is 0.164. The van der Waals surface area contributed by atoms with E-state index < -0.39 is 11.8 Å². The van der Waals surface area contributed by atoms with Gasteiger partial charge in [-0.05, 0) is 12.1 Å². The molecule has 0 N–H and O–H groups in total. The van der Waals surface area contributed by atoms with Gasteiger partial charge < -0.3 is 0 Å². The third-order valence-corrected chi connectivity index (χ3v) is 1.63. The molecule has 0 saturated carbocycles. The molecular formula is C8H5FN3O. The summed E-state index contributed by atoms with van der Waals surface area (Å²) >= 11 is 0. The van der Waals surface area contributed by atoms with Crippen molar-refractivity contribution in [3.05, 3.63) is 36.4 Å². The molecule has 13 heavy (non-hydrogen) atoms. The molecule has 2 rings (SSSR count). The zero-order chi connectivity index (χ0) is 9.26. The van der Waals surface area contributed by atoms with Crippen molar-refractivity contribution in [1.29, 1.82) is 0 Å². The highest BCUT2D eigenvalue weighted by Gasteiger charge is 2.09. The highest BCUT2D eigenvalue weighted by molar-refractivity contribution is 5.34. The van der Waals surface area contributed by atoms with E-state index in [1.54, 1.807) is 12.1 Å². The summed E-state index contributed by atoms with van der Waals surface area (Å²) < 4.78 is 14.2. The van der Waals surface area contributed by atoms with Crippen LogP contribution in [-0.2, 0) is 5.11 Å². The highest BCUT2D eigenvalue weighted by Crippen LogP contribution is 2.16. The molecule has 0 bridgehead atoms. The highest BCUT2D eigenvalue weighted by atomic mass is 19.1. The number of halogens is 1. The second-order valence-corrected chi connectivity index (χ2v) is 2.43. The number of benzene rings is 1. The van der Waals surface area contributed by atoms with Gasteiger partial charge in [-0.15, -0.1) is 5.10 Å². The molecule has 0 saturated heterocycles. The molecule has 0 aliphatic rings. The molecule has 1 aromatic carbocycles. The largest absolute Gasteiger partial charge is 0.372 e. The lowest BCUT2D eigenvalue weighted by Gasteiger charge is -2.01. The SMILES string of the molecule is [O]c1nncn1-c1ccccc1F. The van der Waals surface area contributed by atoms with Crippen LogP contribution in [-0.4, -0.2) is 14.8 Å². The molecule has 2 aromatic rings. The Kier molecular flexibility index (Phi) is 1.70. The standard InChI is InChI=1S/C8H5FN3O/c9-6-3-1-2-4-7(6)12-5-10-11-8(12)13/h1-5H. The number of aromatic nitrogens is 3. The van der Waals surface area contributed by atoms with Crippen molar-refractivity contribution in [2.45, 2.75) is 0 Å². The zero-order valence-corrected chi connectivity index (χ0v) is 6.51. The van der Waals surface area contributed by atoms with Gasteiger partial charge in [-0.2, -0.15) is 0 Å². The summed E-state index contributed by atoms with van der Waals surface area (Å²) in [6, 6.07) is 5.37. The van der Waals surface area contributed by atoms with Gasteiger partial charge >= 0.3 is 6.01 Å². The molecule has 65 valence electrons. The van der Waals surface area contributed by atoms with Gasteiger partial charge in [-0.25, -0.2) is 14.1 Å². The van der Waals surface area contributed by atoms with Crippen molar-refractivity contribution in [1.82, 2.24) is 14.8 Å². The van der Waals surface area contributed by atoms with Crippen molar-refractivity contribution in [3.63, 3.8) is 0 Å². The monoisotopic (exact) mass is 178 g/mol. The molecule has 0 aliphatic heterocycles. The van der Waals surface area contributed by atoms with E-state index in [-0.39, 0.29) is 5.69 Å². The third-order valence-electron chi connectivity index (χ3n) is 1.63. The van der Waals surface area contributed by atoms with E-state index in [2.05, 4.69) is 10.2 Å². The van der Waals surface area contributed by atoms with E-state index in [1.807, 2.05) is 0 Å². The first-order valence-electron chi connectivity index (χ1n) is 3.61. The summed E-state index contributed by atoms with van der Waals surface area (Å²) in [7, 11) is 0. The predicted molar refractivity (Wildman–Crippen MR) is 41.4 cm³/mol. The maximum Gasteiger partial charge on any atom is 0.372 e. The topological polar surface area (TPSA) is 50.6 Å². The summed E-state index contributed by atoms with van der Waals surface area (Å²) in [6.45, 7) is 0. The molecule has 0 spiro atoms. The zero-order valence-electron chi connectivity index (χ0n) is 6.51. The first-order chi connectivity index (χ1) is 6.29. The Bertz CT molecular complexity index is 427. The second-order valence-electron chi connectivity index (χ2n) is 2.43. The van der Waals surface area contributed by atoms with Gasteiger partial charge in [-0.1, -0.05) is 17.2 Å². The normalized spacial score (nSPS) is 10.2.